The molecule has 2 heterocycles. The molecule has 2 aliphatic rings. The lowest BCUT2D eigenvalue weighted by Crippen LogP contribution is -2.47. The molecule has 1 atom stereocenters. The maximum Gasteiger partial charge on any atom is 0.211 e. The molecule has 16 heavy (non-hydrogen) atoms. The van der Waals surface area contributed by atoms with Gasteiger partial charge in [-0.15, -0.1) is 0 Å². The van der Waals surface area contributed by atoms with E-state index in [1.807, 2.05) is 0 Å². The van der Waals surface area contributed by atoms with E-state index in [1.54, 1.807) is 4.31 Å². The molecule has 0 saturated carbocycles. The second kappa shape index (κ2) is 5.00. The Morgan fingerprint density at radius 3 is 2.38 bits per heavy atom. The van der Waals surface area contributed by atoms with Crippen molar-refractivity contribution in [2.45, 2.75) is 31.3 Å². The van der Waals surface area contributed by atoms with Gasteiger partial charge in [0, 0.05) is 31.8 Å². The number of nitrogens with zero attached hydrogens (tertiary/aromatic N) is 1. The first-order valence-corrected chi connectivity index (χ1v) is 7.69. The fraction of sp³-hybridized carbons (Fsp3) is 1.00. The van der Waals surface area contributed by atoms with E-state index in [1.165, 1.54) is 6.26 Å². The summed E-state index contributed by atoms with van der Waals surface area (Å²) in [7, 11) is -3.00. The number of hydrogen-bond acceptors (Lipinski definition) is 4. The molecule has 0 spiro atoms. The molecule has 2 rings (SSSR count). The zero-order chi connectivity index (χ0) is 11.6. The van der Waals surface area contributed by atoms with Gasteiger partial charge in [0.05, 0.1) is 12.9 Å². The first-order chi connectivity index (χ1) is 7.55. The molecule has 5 nitrogen and oxygen atoms in total. The van der Waals surface area contributed by atoms with Gasteiger partial charge < -0.3 is 10.1 Å². The van der Waals surface area contributed by atoms with Crippen LogP contribution in [0.15, 0.2) is 0 Å². The van der Waals surface area contributed by atoms with Crippen LogP contribution in [0.25, 0.3) is 0 Å². The fourth-order valence-electron chi connectivity index (χ4n) is 2.35. The Bertz CT molecular complexity index is 317. The standard InChI is InChI=1S/C10H20N2O3S/c1-16(13,14)12-5-2-9(3-6-12)11-10-4-7-15-8-10/h9-11H,2-8H2,1H3. The molecule has 0 aliphatic carbocycles. The second-order valence-electron chi connectivity index (χ2n) is 4.66. The molecule has 1 unspecified atom stereocenters. The van der Waals surface area contributed by atoms with Crippen molar-refractivity contribution in [3.05, 3.63) is 0 Å². The summed E-state index contributed by atoms with van der Waals surface area (Å²) in [6, 6.07) is 0.916. The molecule has 1 N–H and O–H groups in total. The number of hydrogen-bond donors (Lipinski definition) is 1. The van der Waals surface area contributed by atoms with E-state index < -0.39 is 10.0 Å². The predicted octanol–water partition coefficient (Wildman–Crippen LogP) is -0.211. The third kappa shape index (κ3) is 3.16. The Morgan fingerprint density at radius 1 is 1.19 bits per heavy atom. The molecule has 0 amide bonds. The van der Waals surface area contributed by atoms with Crippen LogP contribution < -0.4 is 5.32 Å². The zero-order valence-corrected chi connectivity index (χ0v) is 10.5. The lowest BCUT2D eigenvalue weighted by molar-refractivity contribution is 0.184. The summed E-state index contributed by atoms with van der Waals surface area (Å²) in [5.41, 5.74) is 0. The van der Waals surface area contributed by atoms with Gasteiger partial charge in [-0.25, -0.2) is 12.7 Å². The van der Waals surface area contributed by atoms with Crippen molar-refractivity contribution in [3.63, 3.8) is 0 Å². The van der Waals surface area contributed by atoms with Crippen LogP contribution in [-0.2, 0) is 14.8 Å². The quantitative estimate of drug-likeness (QED) is 0.751. The van der Waals surface area contributed by atoms with Gasteiger partial charge >= 0.3 is 0 Å². The minimum absolute atomic E-state index is 0.449. The summed E-state index contributed by atoms with van der Waals surface area (Å²) in [6.07, 6.45) is 4.17. The zero-order valence-electron chi connectivity index (χ0n) is 9.68. The highest BCUT2D eigenvalue weighted by Crippen LogP contribution is 2.15. The van der Waals surface area contributed by atoms with Crippen molar-refractivity contribution in [2.75, 3.05) is 32.6 Å². The van der Waals surface area contributed by atoms with Crippen LogP contribution in [-0.4, -0.2) is 57.4 Å². The highest BCUT2D eigenvalue weighted by atomic mass is 32.2. The largest absolute Gasteiger partial charge is 0.380 e. The van der Waals surface area contributed by atoms with E-state index >= 15 is 0 Å². The Labute approximate surface area is 97.2 Å². The Kier molecular flexibility index (Phi) is 3.84. The lowest BCUT2D eigenvalue weighted by atomic mass is 10.1. The summed E-state index contributed by atoms with van der Waals surface area (Å²) < 4.78 is 29.5. The van der Waals surface area contributed by atoms with E-state index in [-0.39, 0.29) is 0 Å². The smallest absolute Gasteiger partial charge is 0.211 e. The second-order valence-corrected chi connectivity index (χ2v) is 6.65. The van der Waals surface area contributed by atoms with E-state index in [9.17, 15) is 8.42 Å². The third-order valence-electron chi connectivity index (χ3n) is 3.32. The number of ether oxygens (including phenoxy) is 1. The maximum atomic E-state index is 11.3. The van der Waals surface area contributed by atoms with Crippen LogP contribution >= 0.6 is 0 Å². The van der Waals surface area contributed by atoms with Crippen LogP contribution in [0.2, 0.25) is 0 Å². The Hall–Kier alpha value is -0.170. The molecule has 2 aliphatic heterocycles. The molecule has 2 fully saturated rings. The van der Waals surface area contributed by atoms with Gasteiger partial charge in [0.1, 0.15) is 0 Å². The molecule has 6 heteroatoms. The van der Waals surface area contributed by atoms with E-state index in [2.05, 4.69) is 5.32 Å². The molecule has 0 radical (unpaired) electrons. The molecular formula is C10H20N2O3S. The van der Waals surface area contributed by atoms with Crippen molar-refractivity contribution in [3.8, 4) is 0 Å². The number of sulfonamides is 1. The van der Waals surface area contributed by atoms with Crippen LogP contribution in [0, 0.1) is 0 Å². The van der Waals surface area contributed by atoms with E-state index in [4.69, 9.17) is 4.74 Å². The summed E-state index contributed by atoms with van der Waals surface area (Å²) in [5.74, 6) is 0. The van der Waals surface area contributed by atoms with Crippen molar-refractivity contribution in [2.24, 2.45) is 0 Å². The normalized spacial score (nSPS) is 29.7. The molecule has 2 saturated heterocycles. The van der Waals surface area contributed by atoms with Gasteiger partial charge in [0.25, 0.3) is 0 Å². The third-order valence-corrected chi connectivity index (χ3v) is 4.63. The number of nitrogens with one attached hydrogen (secondary N) is 1. The Balaban J connectivity index is 1.76. The van der Waals surface area contributed by atoms with Crippen molar-refractivity contribution < 1.29 is 13.2 Å². The highest BCUT2D eigenvalue weighted by Gasteiger charge is 2.27. The van der Waals surface area contributed by atoms with Crippen LogP contribution in [0.3, 0.4) is 0 Å². The van der Waals surface area contributed by atoms with Gasteiger partial charge in [-0.2, -0.15) is 0 Å². The molecule has 0 bridgehead atoms. The van der Waals surface area contributed by atoms with Crippen LogP contribution in [0.1, 0.15) is 19.3 Å². The first-order valence-electron chi connectivity index (χ1n) is 5.84. The van der Waals surface area contributed by atoms with Gasteiger partial charge in [-0.05, 0) is 19.3 Å². The van der Waals surface area contributed by atoms with Crippen molar-refractivity contribution in [1.82, 2.24) is 9.62 Å². The summed E-state index contributed by atoms with van der Waals surface area (Å²) in [4.78, 5) is 0. The average molecular weight is 248 g/mol. The first kappa shape index (κ1) is 12.3. The summed E-state index contributed by atoms with van der Waals surface area (Å²) in [6.45, 7) is 2.93. The van der Waals surface area contributed by atoms with Crippen LogP contribution in [0.4, 0.5) is 0 Å². The monoisotopic (exact) mass is 248 g/mol. The molecule has 0 aromatic heterocycles. The fourth-order valence-corrected chi connectivity index (χ4v) is 3.23. The number of piperidine rings is 1. The molecular weight excluding hydrogens is 228 g/mol. The van der Waals surface area contributed by atoms with Gasteiger partial charge in [-0.3, -0.25) is 0 Å². The maximum absolute atomic E-state index is 11.3. The van der Waals surface area contributed by atoms with E-state index in [0.29, 0.717) is 25.2 Å². The topological polar surface area (TPSA) is 58.6 Å². The Morgan fingerprint density at radius 2 is 1.88 bits per heavy atom. The summed E-state index contributed by atoms with van der Waals surface area (Å²) >= 11 is 0. The van der Waals surface area contributed by atoms with Crippen LogP contribution in [0.5, 0.6) is 0 Å². The summed E-state index contributed by atoms with van der Waals surface area (Å²) in [5, 5.41) is 3.54. The average Bonchev–Trinajstić information content (AvgIpc) is 2.70. The molecule has 94 valence electrons. The lowest BCUT2D eigenvalue weighted by Gasteiger charge is -2.32. The van der Waals surface area contributed by atoms with Crippen molar-refractivity contribution in [1.29, 1.82) is 0 Å². The van der Waals surface area contributed by atoms with Crippen molar-refractivity contribution >= 4 is 10.0 Å². The SMILES string of the molecule is CS(=O)(=O)N1CCC(NC2CCOC2)CC1. The highest BCUT2D eigenvalue weighted by molar-refractivity contribution is 7.88. The predicted molar refractivity (Wildman–Crippen MR) is 61.8 cm³/mol. The van der Waals surface area contributed by atoms with Gasteiger partial charge in [0.2, 0.25) is 10.0 Å². The van der Waals surface area contributed by atoms with E-state index in [0.717, 1.165) is 32.5 Å². The minimum Gasteiger partial charge on any atom is -0.380 e. The van der Waals surface area contributed by atoms with Gasteiger partial charge in [0.15, 0.2) is 0 Å². The molecule has 0 aromatic rings. The minimum atomic E-state index is -3.00. The number of rotatable bonds is 3. The van der Waals surface area contributed by atoms with Gasteiger partial charge in [-0.1, -0.05) is 0 Å². The molecule has 0 aromatic carbocycles.